The number of sulfonamides is 1. The van der Waals surface area contributed by atoms with E-state index in [0.717, 1.165) is 54.9 Å². The Kier molecular flexibility index (Phi) is 13.6. The first-order valence-electron chi connectivity index (χ1n) is 19.9. The van der Waals surface area contributed by atoms with E-state index in [2.05, 4.69) is 80.2 Å². The average molecular weight is 866 g/mol. The van der Waals surface area contributed by atoms with Crippen LogP contribution >= 0.6 is 23.4 Å². The summed E-state index contributed by atoms with van der Waals surface area (Å²) < 4.78 is 30.2. The number of anilines is 3. The molecule has 0 aliphatic carbocycles. The number of halogens is 1. The minimum atomic E-state index is -4.28. The Labute approximate surface area is 361 Å². The van der Waals surface area contributed by atoms with Gasteiger partial charge in [0.05, 0.1) is 15.3 Å². The van der Waals surface area contributed by atoms with Crippen LogP contribution in [0.15, 0.2) is 131 Å². The highest BCUT2D eigenvalue weighted by Crippen LogP contribution is 2.33. The van der Waals surface area contributed by atoms with Gasteiger partial charge in [-0.05, 0) is 105 Å². The Morgan fingerprint density at radius 1 is 0.883 bits per heavy atom. The summed E-state index contributed by atoms with van der Waals surface area (Å²) in [6, 6.07) is 35.8. The fourth-order valence-corrected chi connectivity index (χ4v) is 9.45. The summed E-state index contributed by atoms with van der Waals surface area (Å²) in [6.45, 7) is 11.0. The van der Waals surface area contributed by atoms with Gasteiger partial charge in [0.2, 0.25) is 0 Å². The van der Waals surface area contributed by atoms with Crippen molar-refractivity contribution < 1.29 is 13.3 Å². The molecular formula is C45H49ClN8O4S2. The Morgan fingerprint density at radius 2 is 1.62 bits per heavy atom. The van der Waals surface area contributed by atoms with Gasteiger partial charge in [-0.15, -0.1) is 11.8 Å². The van der Waals surface area contributed by atoms with Crippen molar-refractivity contribution in [2.24, 2.45) is 0 Å². The number of aromatic nitrogens is 2. The summed E-state index contributed by atoms with van der Waals surface area (Å²) in [7, 11) is -4.28. The Balaban J connectivity index is 1.03. The topological polar surface area (TPSA) is 146 Å². The molecule has 1 aliphatic heterocycles. The van der Waals surface area contributed by atoms with E-state index >= 15 is 0 Å². The third-order valence-electron chi connectivity index (χ3n) is 10.3. The van der Waals surface area contributed by atoms with Crippen molar-refractivity contribution in [1.29, 1.82) is 0 Å². The molecule has 7 rings (SSSR count). The first-order chi connectivity index (χ1) is 28.8. The highest BCUT2D eigenvalue weighted by molar-refractivity contribution is 7.99. The van der Waals surface area contributed by atoms with Crippen LogP contribution in [0.4, 0.5) is 22.9 Å². The SMILES string of the molecule is CC(C)(C)NCCC(CSc1ccccc1)Nc1ccc(S(=O)(=O)Nc2ncnc3cc(N4CCN(Cc5cc(Cl)ccc5-c5ccccc5)CC4)ccc23)cc1[N+](=O)[O-]. The van der Waals surface area contributed by atoms with Crippen molar-refractivity contribution in [3.05, 3.63) is 142 Å². The van der Waals surface area contributed by atoms with Crippen molar-refractivity contribution in [3.8, 4) is 11.1 Å². The van der Waals surface area contributed by atoms with E-state index in [1.165, 1.54) is 29.6 Å². The smallest absolute Gasteiger partial charge is 0.293 e. The van der Waals surface area contributed by atoms with Crippen LogP contribution in [0.2, 0.25) is 5.02 Å². The van der Waals surface area contributed by atoms with Crippen LogP contribution in [-0.4, -0.2) is 78.3 Å². The van der Waals surface area contributed by atoms with Crippen molar-refractivity contribution in [2.45, 2.75) is 55.1 Å². The minimum Gasteiger partial charge on any atom is -0.376 e. The summed E-state index contributed by atoms with van der Waals surface area (Å²) in [6.07, 6.45) is 2.00. The standard InChI is InChI=1S/C45H49ClN8O4S2/c1-45(2,3)49-21-20-35(30-59-37-12-8-5-9-13-37)50-41-19-16-38(28-43(41)54(55)56)60(57,58)51-44-40-18-15-36(27-42(40)47-31-48-44)53-24-22-52(23-25-53)29-33-26-34(46)14-17-39(33)32-10-6-4-7-11-32/h4-19,26-28,31,35,49-50H,20-25,29-30H2,1-3H3,(H,47,48,51). The van der Waals surface area contributed by atoms with E-state index in [1.54, 1.807) is 11.8 Å². The number of benzene rings is 5. The second-order valence-electron chi connectivity index (χ2n) is 15.8. The molecule has 5 aromatic carbocycles. The Hall–Kier alpha value is -5.25. The van der Waals surface area contributed by atoms with Crippen molar-refractivity contribution in [2.75, 3.05) is 53.4 Å². The minimum absolute atomic E-state index is 0.0846. The lowest BCUT2D eigenvalue weighted by Gasteiger charge is -2.36. The fourth-order valence-electron chi connectivity index (χ4n) is 7.21. The van der Waals surface area contributed by atoms with Crippen LogP contribution in [-0.2, 0) is 16.6 Å². The number of fused-ring (bicyclic) bond motifs is 1. The predicted octanol–water partition coefficient (Wildman–Crippen LogP) is 9.33. The van der Waals surface area contributed by atoms with Crippen LogP contribution < -0.4 is 20.3 Å². The number of hydrogen-bond acceptors (Lipinski definition) is 11. The molecule has 1 saturated heterocycles. The van der Waals surface area contributed by atoms with E-state index in [9.17, 15) is 18.5 Å². The lowest BCUT2D eigenvalue weighted by Crippen LogP contribution is -2.46. The molecule has 60 heavy (non-hydrogen) atoms. The van der Waals surface area contributed by atoms with E-state index in [-0.39, 0.29) is 33.7 Å². The monoisotopic (exact) mass is 864 g/mol. The number of nitro groups is 1. The molecule has 15 heteroatoms. The van der Waals surface area contributed by atoms with Gasteiger partial charge in [0, 0.05) is 77.1 Å². The summed E-state index contributed by atoms with van der Waals surface area (Å²) >= 11 is 8.08. The van der Waals surface area contributed by atoms with Gasteiger partial charge in [-0.1, -0.05) is 66.2 Å². The quantitative estimate of drug-likeness (QED) is 0.0486. The molecule has 0 bridgehead atoms. The zero-order valence-electron chi connectivity index (χ0n) is 33.8. The van der Waals surface area contributed by atoms with Crippen LogP contribution in [0.5, 0.6) is 0 Å². The molecule has 1 aromatic heterocycles. The van der Waals surface area contributed by atoms with Gasteiger partial charge in [-0.3, -0.25) is 19.7 Å². The molecule has 1 unspecified atom stereocenters. The molecule has 0 radical (unpaired) electrons. The normalized spacial score (nSPS) is 14.2. The highest BCUT2D eigenvalue weighted by atomic mass is 35.5. The fraction of sp³-hybridized carbons (Fsp3) is 0.289. The zero-order valence-corrected chi connectivity index (χ0v) is 36.2. The molecule has 3 N–H and O–H groups in total. The van der Waals surface area contributed by atoms with Crippen molar-refractivity contribution in [1.82, 2.24) is 20.2 Å². The van der Waals surface area contributed by atoms with Gasteiger partial charge in [0.15, 0.2) is 5.82 Å². The molecule has 0 saturated carbocycles. The second-order valence-corrected chi connectivity index (χ2v) is 19.0. The number of rotatable bonds is 16. The number of piperazine rings is 1. The molecule has 12 nitrogen and oxygen atoms in total. The summed E-state index contributed by atoms with van der Waals surface area (Å²) in [4.78, 5) is 26.1. The number of nitrogens with zero attached hydrogens (tertiary/aromatic N) is 5. The largest absolute Gasteiger partial charge is 0.376 e. The van der Waals surface area contributed by atoms with Gasteiger partial charge in [0.1, 0.15) is 12.0 Å². The predicted molar refractivity (Wildman–Crippen MR) is 245 cm³/mol. The van der Waals surface area contributed by atoms with E-state index in [1.807, 2.05) is 72.8 Å². The molecular weight excluding hydrogens is 816 g/mol. The molecule has 0 spiro atoms. The van der Waals surface area contributed by atoms with E-state index < -0.39 is 14.9 Å². The van der Waals surface area contributed by atoms with Gasteiger partial charge >= 0.3 is 0 Å². The molecule has 6 aromatic rings. The average Bonchev–Trinajstić information content (AvgIpc) is 3.23. The van der Waals surface area contributed by atoms with Crippen LogP contribution in [0.3, 0.4) is 0 Å². The first kappa shape index (κ1) is 42.9. The van der Waals surface area contributed by atoms with Gasteiger partial charge in [-0.2, -0.15) is 0 Å². The second kappa shape index (κ2) is 19.0. The van der Waals surface area contributed by atoms with Crippen LogP contribution in [0.25, 0.3) is 22.0 Å². The lowest BCUT2D eigenvalue weighted by molar-refractivity contribution is -0.384. The molecule has 1 fully saturated rings. The number of thioether (sulfide) groups is 1. The number of nitrogens with one attached hydrogen (secondary N) is 3. The zero-order chi connectivity index (χ0) is 42.3. The Morgan fingerprint density at radius 3 is 2.33 bits per heavy atom. The van der Waals surface area contributed by atoms with Crippen LogP contribution in [0.1, 0.15) is 32.8 Å². The van der Waals surface area contributed by atoms with Crippen molar-refractivity contribution in [3.63, 3.8) is 0 Å². The lowest BCUT2D eigenvalue weighted by atomic mass is 9.99. The van der Waals surface area contributed by atoms with E-state index in [4.69, 9.17) is 11.6 Å². The molecule has 0 amide bonds. The Bertz CT molecular complexity index is 2540. The molecule has 1 aliphatic rings. The van der Waals surface area contributed by atoms with E-state index in [0.29, 0.717) is 34.6 Å². The van der Waals surface area contributed by atoms with Crippen LogP contribution in [0, 0.1) is 10.1 Å². The maximum absolute atomic E-state index is 13.8. The molecule has 1 atom stereocenters. The van der Waals surface area contributed by atoms with Gasteiger partial charge < -0.3 is 15.5 Å². The summed E-state index contributed by atoms with van der Waals surface area (Å²) in [5, 5.41) is 20.4. The summed E-state index contributed by atoms with van der Waals surface area (Å²) in [5.74, 6) is 0.731. The molecule has 2 heterocycles. The van der Waals surface area contributed by atoms with Gasteiger partial charge in [-0.25, -0.2) is 18.4 Å². The highest BCUT2D eigenvalue weighted by Gasteiger charge is 2.25. The van der Waals surface area contributed by atoms with Gasteiger partial charge in [0.25, 0.3) is 15.7 Å². The first-order valence-corrected chi connectivity index (χ1v) is 22.7. The third-order valence-corrected chi connectivity index (χ3v) is 13.1. The molecule has 312 valence electrons. The maximum Gasteiger partial charge on any atom is 0.293 e. The maximum atomic E-state index is 13.8. The third kappa shape index (κ3) is 11.1. The number of hydrogen-bond donors (Lipinski definition) is 3. The summed E-state index contributed by atoms with van der Waals surface area (Å²) in [5.41, 5.74) is 4.88. The number of nitro benzene ring substituents is 1. The van der Waals surface area contributed by atoms with Crippen molar-refractivity contribution >= 4 is 67.2 Å².